The number of aliphatic hydroxyl groups is 1. The largest absolute Gasteiger partial charge is 0.394 e. The van der Waals surface area contributed by atoms with E-state index in [-0.39, 0.29) is 12.6 Å². The van der Waals surface area contributed by atoms with Gasteiger partial charge in [-0.2, -0.15) is 0 Å². The van der Waals surface area contributed by atoms with Gasteiger partial charge in [0.15, 0.2) is 0 Å². The Morgan fingerprint density at radius 1 is 1.57 bits per heavy atom. The summed E-state index contributed by atoms with van der Waals surface area (Å²) in [7, 11) is 0. The summed E-state index contributed by atoms with van der Waals surface area (Å²) in [6, 6.07) is 3.42. The monoisotopic (exact) mass is 255 g/mol. The van der Waals surface area contributed by atoms with Crippen LogP contribution in [0, 0.1) is 0 Å². The van der Waals surface area contributed by atoms with Crippen LogP contribution < -0.4 is 5.73 Å². The topological polar surface area (TPSA) is 74.9 Å². The highest BCUT2D eigenvalue weighted by Gasteiger charge is 2.10. The number of H-pyrrole nitrogens is 1. The van der Waals surface area contributed by atoms with Crippen LogP contribution in [0.25, 0.3) is 11.0 Å². The lowest BCUT2D eigenvalue weighted by Crippen LogP contribution is -2.14. The van der Waals surface area contributed by atoms with Crippen molar-refractivity contribution < 1.29 is 5.11 Å². The van der Waals surface area contributed by atoms with Gasteiger partial charge < -0.3 is 15.8 Å². The van der Waals surface area contributed by atoms with Crippen molar-refractivity contribution in [1.82, 2.24) is 9.97 Å². The second-order valence-electron chi connectivity index (χ2n) is 3.08. The van der Waals surface area contributed by atoms with Crippen LogP contribution in [0.4, 0.5) is 0 Å². The fraction of sp³-hybridized carbons (Fsp3) is 0.222. The summed E-state index contributed by atoms with van der Waals surface area (Å²) in [5.74, 6) is 0. The maximum Gasteiger partial charge on any atom is 0.0931 e. The molecule has 2 rings (SSSR count). The summed E-state index contributed by atoms with van der Waals surface area (Å²) in [5, 5.41) is 8.96. The third-order valence-electron chi connectivity index (χ3n) is 2.13. The normalized spacial score (nSPS) is 13.4. The summed E-state index contributed by atoms with van der Waals surface area (Å²) < 4.78 is 0.874. The molecule has 0 fully saturated rings. The Bertz CT molecular complexity index is 454. The number of hydrogen-bond donors (Lipinski definition) is 3. The van der Waals surface area contributed by atoms with Crippen LogP contribution in [-0.4, -0.2) is 21.7 Å². The first kappa shape index (κ1) is 9.64. The third-order valence-corrected chi connectivity index (χ3v) is 2.82. The van der Waals surface area contributed by atoms with Crippen molar-refractivity contribution in [3.63, 3.8) is 0 Å². The fourth-order valence-corrected chi connectivity index (χ4v) is 1.98. The number of fused-ring (bicyclic) bond motifs is 1. The molecule has 0 radical (unpaired) electrons. The molecule has 0 amide bonds. The lowest BCUT2D eigenvalue weighted by atomic mass is 10.1. The number of benzene rings is 1. The van der Waals surface area contributed by atoms with E-state index >= 15 is 0 Å². The molecule has 74 valence electrons. The number of halogens is 1. The Hall–Kier alpha value is -0.910. The van der Waals surface area contributed by atoms with E-state index in [4.69, 9.17) is 10.8 Å². The first-order chi connectivity index (χ1) is 6.72. The molecule has 4 N–H and O–H groups in total. The zero-order valence-electron chi connectivity index (χ0n) is 7.37. The Labute approximate surface area is 89.3 Å². The summed E-state index contributed by atoms with van der Waals surface area (Å²) >= 11 is 3.40. The number of nitrogens with zero attached hydrogens (tertiary/aromatic N) is 1. The molecule has 0 bridgehead atoms. The molecule has 1 atom stereocenters. The number of hydrogen-bond acceptors (Lipinski definition) is 3. The Balaban J connectivity index is 2.58. The van der Waals surface area contributed by atoms with E-state index in [2.05, 4.69) is 25.9 Å². The van der Waals surface area contributed by atoms with Gasteiger partial charge in [0.2, 0.25) is 0 Å². The first-order valence-corrected chi connectivity index (χ1v) is 5.00. The van der Waals surface area contributed by atoms with E-state index in [1.54, 1.807) is 6.33 Å². The number of rotatable bonds is 2. The average molecular weight is 256 g/mol. The molecular formula is C9H10BrN3O. The van der Waals surface area contributed by atoms with Gasteiger partial charge in [-0.05, 0) is 17.7 Å². The fourth-order valence-electron chi connectivity index (χ4n) is 1.36. The van der Waals surface area contributed by atoms with Gasteiger partial charge in [0.05, 0.1) is 30.0 Å². The quantitative estimate of drug-likeness (QED) is 0.758. The second kappa shape index (κ2) is 3.68. The molecule has 5 heteroatoms. The van der Waals surface area contributed by atoms with E-state index in [1.165, 1.54) is 0 Å². The number of aromatic nitrogens is 2. The van der Waals surface area contributed by atoms with Crippen molar-refractivity contribution in [2.45, 2.75) is 6.04 Å². The average Bonchev–Trinajstić information content (AvgIpc) is 2.62. The van der Waals surface area contributed by atoms with Crippen molar-refractivity contribution in [3.05, 3.63) is 28.5 Å². The molecule has 0 saturated carbocycles. The lowest BCUT2D eigenvalue weighted by molar-refractivity contribution is 0.267. The molecule has 4 nitrogen and oxygen atoms in total. The summed E-state index contributed by atoms with van der Waals surface area (Å²) in [4.78, 5) is 7.11. The van der Waals surface area contributed by atoms with Gasteiger partial charge in [0.1, 0.15) is 0 Å². The van der Waals surface area contributed by atoms with Crippen LogP contribution in [0.3, 0.4) is 0 Å². The SMILES string of the molecule is NC(CO)c1cc2[nH]cnc2cc1Br. The summed E-state index contributed by atoms with van der Waals surface area (Å²) in [5.41, 5.74) is 8.42. The number of nitrogens with one attached hydrogen (secondary N) is 1. The van der Waals surface area contributed by atoms with Crippen molar-refractivity contribution in [3.8, 4) is 0 Å². The lowest BCUT2D eigenvalue weighted by Gasteiger charge is -2.10. The summed E-state index contributed by atoms with van der Waals surface area (Å²) in [6.07, 6.45) is 1.63. The maximum atomic E-state index is 8.96. The number of aromatic amines is 1. The number of aliphatic hydroxyl groups excluding tert-OH is 1. The van der Waals surface area contributed by atoms with Crippen LogP contribution in [0.2, 0.25) is 0 Å². The molecule has 0 aliphatic rings. The van der Waals surface area contributed by atoms with Gasteiger partial charge in [-0.15, -0.1) is 0 Å². The molecule has 2 aromatic rings. The van der Waals surface area contributed by atoms with E-state index in [1.807, 2.05) is 12.1 Å². The maximum absolute atomic E-state index is 8.96. The Morgan fingerprint density at radius 2 is 2.36 bits per heavy atom. The predicted octanol–water partition coefficient (Wildman–Crippen LogP) is 1.32. The van der Waals surface area contributed by atoms with E-state index < -0.39 is 0 Å². The smallest absolute Gasteiger partial charge is 0.0931 e. The third kappa shape index (κ3) is 1.54. The standard InChI is InChI=1S/C9H10BrN3O/c10-6-2-9-8(12-4-13-9)1-5(6)7(11)3-14/h1-2,4,7,14H,3,11H2,(H,12,13). The summed E-state index contributed by atoms with van der Waals surface area (Å²) in [6.45, 7) is -0.0712. The minimum absolute atomic E-state index is 0.0712. The highest BCUT2D eigenvalue weighted by molar-refractivity contribution is 9.10. The van der Waals surface area contributed by atoms with Gasteiger partial charge in [-0.1, -0.05) is 15.9 Å². The van der Waals surface area contributed by atoms with Crippen molar-refractivity contribution in [2.24, 2.45) is 5.73 Å². The van der Waals surface area contributed by atoms with Gasteiger partial charge in [-0.25, -0.2) is 4.98 Å². The zero-order chi connectivity index (χ0) is 10.1. The van der Waals surface area contributed by atoms with E-state index in [9.17, 15) is 0 Å². The van der Waals surface area contributed by atoms with Gasteiger partial charge >= 0.3 is 0 Å². The molecule has 1 heterocycles. The van der Waals surface area contributed by atoms with Crippen LogP contribution in [0.5, 0.6) is 0 Å². The molecule has 1 unspecified atom stereocenters. The molecule has 0 spiro atoms. The van der Waals surface area contributed by atoms with Crippen LogP contribution >= 0.6 is 15.9 Å². The van der Waals surface area contributed by atoms with Crippen molar-refractivity contribution >= 4 is 27.0 Å². The molecule has 0 aliphatic heterocycles. The zero-order valence-corrected chi connectivity index (χ0v) is 8.95. The minimum Gasteiger partial charge on any atom is -0.394 e. The van der Waals surface area contributed by atoms with Crippen molar-refractivity contribution in [1.29, 1.82) is 0 Å². The first-order valence-electron chi connectivity index (χ1n) is 4.21. The predicted molar refractivity (Wildman–Crippen MR) is 57.8 cm³/mol. The minimum atomic E-state index is -0.364. The van der Waals surface area contributed by atoms with Crippen LogP contribution in [-0.2, 0) is 0 Å². The van der Waals surface area contributed by atoms with Crippen molar-refractivity contribution in [2.75, 3.05) is 6.61 Å². The molecule has 1 aromatic carbocycles. The Morgan fingerprint density at radius 3 is 3.07 bits per heavy atom. The van der Waals surface area contributed by atoms with Crippen LogP contribution in [0.15, 0.2) is 22.9 Å². The van der Waals surface area contributed by atoms with Gasteiger partial charge in [0.25, 0.3) is 0 Å². The van der Waals surface area contributed by atoms with E-state index in [0.717, 1.165) is 21.1 Å². The molecular weight excluding hydrogens is 246 g/mol. The number of imidazole rings is 1. The van der Waals surface area contributed by atoms with Crippen LogP contribution in [0.1, 0.15) is 11.6 Å². The highest BCUT2D eigenvalue weighted by atomic mass is 79.9. The second-order valence-corrected chi connectivity index (χ2v) is 3.94. The number of nitrogens with two attached hydrogens (primary N) is 1. The molecule has 0 saturated heterocycles. The molecule has 14 heavy (non-hydrogen) atoms. The highest BCUT2D eigenvalue weighted by Crippen LogP contribution is 2.26. The van der Waals surface area contributed by atoms with Gasteiger partial charge in [0, 0.05) is 4.47 Å². The molecule has 1 aromatic heterocycles. The van der Waals surface area contributed by atoms with E-state index in [0.29, 0.717) is 0 Å². The van der Waals surface area contributed by atoms with Gasteiger partial charge in [-0.3, -0.25) is 0 Å². The molecule has 0 aliphatic carbocycles. The Kier molecular flexibility index (Phi) is 2.54.